The Bertz CT molecular complexity index is 303. The number of piperidine rings is 1. The Balaban J connectivity index is 1.94. The van der Waals surface area contributed by atoms with Gasteiger partial charge >= 0.3 is 0 Å². The van der Waals surface area contributed by atoms with Crippen molar-refractivity contribution in [1.29, 1.82) is 0 Å². The molecule has 4 nitrogen and oxygen atoms in total. The van der Waals surface area contributed by atoms with Gasteiger partial charge in [-0.1, -0.05) is 19.8 Å². The molecule has 1 heterocycles. The molecule has 0 aromatic heterocycles. The molecule has 1 saturated carbocycles. The zero-order chi connectivity index (χ0) is 13.7. The van der Waals surface area contributed by atoms with Crippen LogP contribution in [0.25, 0.3) is 0 Å². The van der Waals surface area contributed by atoms with Gasteiger partial charge in [-0.3, -0.25) is 4.99 Å². The number of hydrogen-bond acceptors (Lipinski definition) is 2. The number of hydrogen-bond donors (Lipinski definition) is 2. The Morgan fingerprint density at radius 3 is 2.53 bits per heavy atom. The van der Waals surface area contributed by atoms with Crippen molar-refractivity contribution in [2.45, 2.75) is 58.0 Å². The summed E-state index contributed by atoms with van der Waals surface area (Å²) in [5, 5.41) is 13.8. The van der Waals surface area contributed by atoms with E-state index in [0.29, 0.717) is 6.54 Å². The minimum absolute atomic E-state index is 0.538. The van der Waals surface area contributed by atoms with Crippen molar-refractivity contribution < 1.29 is 5.11 Å². The van der Waals surface area contributed by atoms with Crippen LogP contribution >= 0.6 is 0 Å². The average molecular weight is 267 g/mol. The molecule has 0 bridgehead atoms. The normalized spacial score (nSPS) is 24.8. The van der Waals surface area contributed by atoms with Crippen molar-refractivity contribution >= 4 is 5.96 Å². The summed E-state index contributed by atoms with van der Waals surface area (Å²) in [4.78, 5) is 7.05. The lowest BCUT2D eigenvalue weighted by molar-refractivity contribution is 0.0570. The predicted octanol–water partition coefficient (Wildman–Crippen LogP) is 1.99. The maximum atomic E-state index is 10.4. The molecule has 19 heavy (non-hydrogen) atoms. The number of aliphatic hydroxyl groups is 1. The summed E-state index contributed by atoms with van der Waals surface area (Å²) in [7, 11) is 0. The fourth-order valence-electron chi connectivity index (χ4n) is 3.06. The number of rotatable bonds is 3. The first-order chi connectivity index (χ1) is 9.13. The van der Waals surface area contributed by atoms with Gasteiger partial charge in [0.1, 0.15) is 0 Å². The van der Waals surface area contributed by atoms with E-state index in [1.165, 1.54) is 12.8 Å². The lowest BCUT2D eigenvalue weighted by atomic mass is 9.99. The highest BCUT2D eigenvalue weighted by molar-refractivity contribution is 5.80. The van der Waals surface area contributed by atoms with Crippen LogP contribution in [0.15, 0.2) is 4.99 Å². The summed E-state index contributed by atoms with van der Waals surface area (Å²) in [6, 6.07) is 0. The molecule has 2 fully saturated rings. The lowest BCUT2D eigenvalue weighted by Crippen LogP contribution is -2.46. The van der Waals surface area contributed by atoms with Gasteiger partial charge in [0.25, 0.3) is 0 Å². The molecule has 0 aromatic rings. The molecule has 2 aliphatic rings. The van der Waals surface area contributed by atoms with Crippen LogP contribution < -0.4 is 5.32 Å². The first-order valence-electron chi connectivity index (χ1n) is 7.88. The van der Waals surface area contributed by atoms with E-state index in [-0.39, 0.29) is 0 Å². The summed E-state index contributed by atoms with van der Waals surface area (Å²) in [5.74, 6) is 1.83. The molecular formula is C15H29N3O. The molecule has 2 rings (SSSR count). The molecule has 1 aliphatic heterocycles. The van der Waals surface area contributed by atoms with Gasteiger partial charge in [-0.2, -0.15) is 0 Å². The molecule has 1 saturated heterocycles. The third kappa shape index (κ3) is 4.10. The average Bonchev–Trinajstić information content (AvgIpc) is 2.83. The first kappa shape index (κ1) is 14.6. The quantitative estimate of drug-likeness (QED) is 0.607. The van der Waals surface area contributed by atoms with E-state index in [2.05, 4.69) is 24.1 Å². The Morgan fingerprint density at radius 2 is 1.95 bits per heavy atom. The van der Waals surface area contributed by atoms with Crippen molar-refractivity contribution in [1.82, 2.24) is 10.2 Å². The van der Waals surface area contributed by atoms with Gasteiger partial charge in [0, 0.05) is 19.6 Å². The summed E-state index contributed by atoms with van der Waals surface area (Å²) >= 11 is 0. The van der Waals surface area contributed by atoms with Gasteiger partial charge < -0.3 is 15.3 Å². The molecule has 1 aliphatic carbocycles. The molecule has 110 valence electrons. The monoisotopic (exact) mass is 267 g/mol. The standard InChI is InChI=1S/C15H29N3O/c1-3-16-14(18-10-6-13(2)7-11-18)17-12-15(19)8-4-5-9-15/h13,19H,3-12H2,1-2H3,(H,16,17). The molecule has 0 atom stereocenters. The highest BCUT2D eigenvalue weighted by Gasteiger charge is 2.31. The number of nitrogens with zero attached hydrogens (tertiary/aromatic N) is 2. The Kier molecular flexibility index (Phi) is 5.08. The van der Waals surface area contributed by atoms with Gasteiger partial charge in [-0.25, -0.2) is 0 Å². The molecule has 0 spiro atoms. The molecule has 4 heteroatoms. The van der Waals surface area contributed by atoms with Crippen LogP contribution in [0.4, 0.5) is 0 Å². The molecule has 2 N–H and O–H groups in total. The van der Waals surface area contributed by atoms with Crippen molar-refractivity contribution in [2.75, 3.05) is 26.2 Å². The number of guanidine groups is 1. The van der Waals surface area contributed by atoms with Crippen LogP contribution in [0.5, 0.6) is 0 Å². The first-order valence-corrected chi connectivity index (χ1v) is 7.88. The van der Waals surface area contributed by atoms with Crippen LogP contribution in [0.2, 0.25) is 0 Å². The zero-order valence-corrected chi connectivity index (χ0v) is 12.5. The molecule has 0 radical (unpaired) electrons. The maximum Gasteiger partial charge on any atom is 0.194 e. The highest BCUT2D eigenvalue weighted by atomic mass is 16.3. The molecular weight excluding hydrogens is 238 g/mol. The lowest BCUT2D eigenvalue weighted by Gasteiger charge is -2.33. The van der Waals surface area contributed by atoms with Crippen LogP contribution in [0.3, 0.4) is 0 Å². The van der Waals surface area contributed by atoms with E-state index in [1.807, 2.05) is 0 Å². The van der Waals surface area contributed by atoms with E-state index in [9.17, 15) is 5.11 Å². The van der Waals surface area contributed by atoms with Crippen molar-refractivity contribution in [3.05, 3.63) is 0 Å². The van der Waals surface area contributed by atoms with Crippen LogP contribution in [-0.2, 0) is 0 Å². The van der Waals surface area contributed by atoms with Crippen molar-refractivity contribution in [3.63, 3.8) is 0 Å². The minimum Gasteiger partial charge on any atom is -0.388 e. The van der Waals surface area contributed by atoms with Crippen molar-refractivity contribution in [2.24, 2.45) is 10.9 Å². The largest absolute Gasteiger partial charge is 0.388 e. The van der Waals surface area contributed by atoms with E-state index < -0.39 is 5.60 Å². The third-order valence-electron chi connectivity index (χ3n) is 4.48. The Labute approximate surface area is 117 Å². The third-order valence-corrected chi connectivity index (χ3v) is 4.48. The fraction of sp³-hybridized carbons (Fsp3) is 0.933. The topological polar surface area (TPSA) is 47.9 Å². The number of nitrogens with one attached hydrogen (secondary N) is 1. The smallest absolute Gasteiger partial charge is 0.194 e. The second-order valence-electron chi connectivity index (χ2n) is 6.27. The fourth-order valence-corrected chi connectivity index (χ4v) is 3.06. The van der Waals surface area contributed by atoms with E-state index in [1.54, 1.807) is 0 Å². The van der Waals surface area contributed by atoms with E-state index in [0.717, 1.165) is 57.2 Å². The second-order valence-corrected chi connectivity index (χ2v) is 6.27. The van der Waals surface area contributed by atoms with Crippen molar-refractivity contribution in [3.8, 4) is 0 Å². The summed E-state index contributed by atoms with van der Waals surface area (Å²) in [6.07, 6.45) is 6.59. The summed E-state index contributed by atoms with van der Waals surface area (Å²) in [6.45, 7) is 8.05. The van der Waals surface area contributed by atoms with Gasteiger partial charge in [-0.05, 0) is 38.5 Å². The summed E-state index contributed by atoms with van der Waals surface area (Å²) < 4.78 is 0. The van der Waals surface area contributed by atoms with Crippen LogP contribution in [0.1, 0.15) is 52.4 Å². The van der Waals surface area contributed by atoms with Crippen LogP contribution in [0, 0.1) is 5.92 Å². The SMILES string of the molecule is CCNC(=NCC1(O)CCCC1)N1CCC(C)CC1. The summed E-state index contributed by atoms with van der Waals surface area (Å²) in [5.41, 5.74) is -0.538. The maximum absolute atomic E-state index is 10.4. The molecule has 0 unspecified atom stereocenters. The minimum atomic E-state index is -0.538. The number of aliphatic imine (C=N–C) groups is 1. The van der Waals surface area contributed by atoms with Gasteiger partial charge in [-0.15, -0.1) is 0 Å². The number of likely N-dealkylation sites (tertiary alicyclic amines) is 1. The van der Waals surface area contributed by atoms with Crippen LogP contribution in [-0.4, -0.2) is 47.7 Å². The second kappa shape index (κ2) is 6.60. The predicted molar refractivity (Wildman–Crippen MR) is 79.4 cm³/mol. The van der Waals surface area contributed by atoms with Gasteiger partial charge in [0.05, 0.1) is 12.1 Å². The van der Waals surface area contributed by atoms with E-state index >= 15 is 0 Å². The zero-order valence-electron chi connectivity index (χ0n) is 12.5. The van der Waals surface area contributed by atoms with E-state index in [4.69, 9.17) is 4.99 Å². The molecule has 0 amide bonds. The Morgan fingerprint density at radius 1 is 1.32 bits per heavy atom. The Hall–Kier alpha value is -0.770. The van der Waals surface area contributed by atoms with Gasteiger partial charge in [0.15, 0.2) is 5.96 Å². The highest BCUT2D eigenvalue weighted by Crippen LogP contribution is 2.29. The van der Waals surface area contributed by atoms with Gasteiger partial charge in [0.2, 0.25) is 0 Å². The molecule has 0 aromatic carbocycles.